The molecule has 0 saturated carbocycles. The van der Waals surface area contributed by atoms with E-state index in [1.54, 1.807) is 0 Å². The largest absolute Gasteiger partial charge is 0.412 e. The average molecular weight is 182 g/mol. The minimum Gasteiger partial charge on any atom is -0.412 e. The fourth-order valence-electron chi connectivity index (χ4n) is 0.354. The fourth-order valence-corrected chi connectivity index (χ4v) is 0.669. The van der Waals surface area contributed by atoms with E-state index in [4.69, 9.17) is 28.9 Å². The van der Waals surface area contributed by atoms with Gasteiger partial charge in [-0.15, -0.1) is 0 Å². The molecule has 6 heteroatoms. The Morgan fingerprint density at radius 1 is 1.20 bits per heavy atom. The molecule has 1 heterocycles. The zero-order valence-corrected chi connectivity index (χ0v) is 6.32. The molecule has 0 bridgehead atoms. The van der Waals surface area contributed by atoms with Crippen molar-refractivity contribution < 1.29 is 5.48 Å². The van der Waals surface area contributed by atoms with Gasteiger partial charge >= 0.3 is 0 Å². The molecule has 10 heavy (non-hydrogen) atoms. The summed E-state index contributed by atoms with van der Waals surface area (Å²) in [5.41, 5.74) is 5.52. The summed E-state index contributed by atoms with van der Waals surface area (Å²) in [6, 6.07) is 0. The van der Waals surface area contributed by atoms with Crippen molar-refractivity contribution in [1.29, 1.82) is 0 Å². The summed E-state index contributed by atoms with van der Waals surface area (Å²) >= 11 is 10.9. The van der Waals surface area contributed by atoms with Crippen LogP contribution in [0.15, 0.2) is 6.33 Å². The number of nitrogens with two attached hydrogens (primary N) is 1. The molecule has 1 rings (SSSR count). The molecule has 1 aromatic rings. The second kappa shape index (κ2) is 3.55. The van der Waals surface area contributed by atoms with Gasteiger partial charge in [-0.2, -0.15) is 0 Å². The normalized spacial score (nSPS) is 8.60. The third kappa shape index (κ3) is 1.70. The van der Waals surface area contributed by atoms with Gasteiger partial charge in [0.05, 0.1) is 0 Å². The molecule has 1 aromatic heterocycles. The van der Waals surface area contributed by atoms with Crippen LogP contribution in [0.5, 0.6) is 0 Å². The molecule has 56 valence electrons. The van der Waals surface area contributed by atoms with Gasteiger partial charge in [0, 0.05) is 0 Å². The van der Waals surface area contributed by atoms with E-state index in [0.717, 1.165) is 0 Å². The Labute approximate surface area is 67.3 Å². The third-order valence-corrected chi connectivity index (χ3v) is 1.39. The molecule has 0 aromatic carbocycles. The highest BCUT2D eigenvalue weighted by atomic mass is 35.5. The molecule has 0 spiro atoms. The molecule has 0 fully saturated rings. The molecule has 4 N–H and O–H groups in total. The third-order valence-electron chi connectivity index (χ3n) is 0.787. The summed E-state index contributed by atoms with van der Waals surface area (Å²) in [6.45, 7) is 0. The van der Waals surface area contributed by atoms with Gasteiger partial charge in [0.1, 0.15) is 12.0 Å². The van der Waals surface area contributed by atoms with E-state index in [1.165, 1.54) is 6.33 Å². The first-order valence-electron chi connectivity index (χ1n) is 2.13. The number of hydrogen-bond donors (Lipinski definition) is 1. The first kappa shape index (κ1) is 9.42. The maximum absolute atomic E-state index is 5.45. The SMILES string of the molecule is Nc1c(Cl)ncnc1Cl.O. The number of anilines is 1. The Balaban J connectivity index is 0.000000810. The Kier molecular flexibility index (Phi) is 3.35. The summed E-state index contributed by atoms with van der Waals surface area (Å²) in [5.74, 6) is 0. The van der Waals surface area contributed by atoms with Crippen LogP contribution in [-0.4, -0.2) is 15.4 Å². The maximum atomic E-state index is 5.45. The van der Waals surface area contributed by atoms with E-state index in [9.17, 15) is 0 Å². The Morgan fingerprint density at radius 2 is 1.60 bits per heavy atom. The number of nitrogens with zero attached hydrogens (tertiary/aromatic N) is 2. The summed E-state index contributed by atoms with van der Waals surface area (Å²) in [7, 11) is 0. The molecular formula is C4H5Cl2N3O. The summed E-state index contributed by atoms with van der Waals surface area (Å²) < 4.78 is 0. The Bertz CT molecular complexity index is 209. The number of rotatable bonds is 0. The lowest BCUT2D eigenvalue weighted by atomic mass is 10.6. The molecule has 0 saturated heterocycles. The molecule has 0 atom stereocenters. The number of nitrogen functional groups attached to an aromatic ring is 1. The molecular weight excluding hydrogens is 177 g/mol. The fraction of sp³-hybridized carbons (Fsp3) is 0. The monoisotopic (exact) mass is 181 g/mol. The van der Waals surface area contributed by atoms with Gasteiger partial charge in [0.2, 0.25) is 0 Å². The van der Waals surface area contributed by atoms with E-state index in [0.29, 0.717) is 0 Å². The van der Waals surface area contributed by atoms with Gasteiger partial charge in [-0.3, -0.25) is 0 Å². The summed E-state index contributed by atoms with van der Waals surface area (Å²) in [5, 5.41) is 0.380. The minimum atomic E-state index is 0. The van der Waals surface area contributed by atoms with E-state index in [2.05, 4.69) is 9.97 Å². The standard InChI is InChI=1S/C4H3Cl2N3.H2O/c5-3-2(7)4(6)9-1-8-3;/h1H,7H2;1H2. The van der Waals surface area contributed by atoms with Crippen molar-refractivity contribution in [1.82, 2.24) is 9.97 Å². The lowest BCUT2D eigenvalue weighted by Crippen LogP contribution is -1.91. The predicted molar refractivity (Wildman–Crippen MR) is 40.1 cm³/mol. The lowest BCUT2D eigenvalue weighted by molar-refractivity contribution is 0.824. The van der Waals surface area contributed by atoms with Crippen molar-refractivity contribution >= 4 is 28.9 Å². The smallest absolute Gasteiger partial charge is 0.156 e. The highest BCUT2D eigenvalue weighted by Gasteiger charge is 2.00. The lowest BCUT2D eigenvalue weighted by Gasteiger charge is -1.94. The van der Waals surface area contributed by atoms with E-state index >= 15 is 0 Å². The van der Waals surface area contributed by atoms with Crippen LogP contribution in [0.4, 0.5) is 5.69 Å². The Morgan fingerprint density at radius 3 is 1.90 bits per heavy atom. The van der Waals surface area contributed by atoms with Crippen LogP contribution in [0.2, 0.25) is 10.3 Å². The molecule has 0 amide bonds. The van der Waals surface area contributed by atoms with Crippen molar-refractivity contribution in [2.45, 2.75) is 0 Å². The highest BCUT2D eigenvalue weighted by Crippen LogP contribution is 2.20. The van der Waals surface area contributed by atoms with Crippen LogP contribution < -0.4 is 5.73 Å². The van der Waals surface area contributed by atoms with E-state index in [1.807, 2.05) is 0 Å². The Hall–Kier alpha value is -0.580. The maximum Gasteiger partial charge on any atom is 0.156 e. The van der Waals surface area contributed by atoms with Gasteiger partial charge in [0.25, 0.3) is 0 Å². The second-order valence-corrected chi connectivity index (χ2v) is 2.08. The first-order chi connectivity index (χ1) is 4.22. The molecule has 0 aliphatic rings. The number of hydrogen-bond acceptors (Lipinski definition) is 3. The van der Waals surface area contributed by atoms with Gasteiger partial charge in [-0.1, -0.05) is 23.2 Å². The second-order valence-electron chi connectivity index (χ2n) is 1.37. The van der Waals surface area contributed by atoms with Crippen LogP contribution >= 0.6 is 23.2 Å². The quantitative estimate of drug-likeness (QED) is 0.594. The minimum absolute atomic E-state index is 0. The van der Waals surface area contributed by atoms with Gasteiger partial charge in [0.15, 0.2) is 10.3 Å². The molecule has 4 nitrogen and oxygen atoms in total. The molecule has 0 radical (unpaired) electrons. The van der Waals surface area contributed by atoms with E-state index in [-0.39, 0.29) is 21.5 Å². The average Bonchev–Trinajstić information content (AvgIpc) is 1.83. The van der Waals surface area contributed by atoms with Crippen molar-refractivity contribution in [3.63, 3.8) is 0 Å². The first-order valence-corrected chi connectivity index (χ1v) is 2.89. The number of aromatic nitrogens is 2. The van der Waals surface area contributed by atoms with E-state index < -0.39 is 0 Å². The predicted octanol–water partition coefficient (Wildman–Crippen LogP) is 0.541. The highest BCUT2D eigenvalue weighted by molar-refractivity contribution is 6.37. The van der Waals surface area contributed by atoms with Crippen LogP contribution in [-0.2, 0) is 0 Å². The van der Waals surface area contributed by atoms with Gasteiger partial charge in [-0.25, -0.2) is 9.97 Å². The van der Waals surface area contributed by atoms with Crippen molar-refractivity contribution in [3.05, 3.63) is 16.6 Å². The van der Waals surface area contributed by atoms with Crippen molar-refractivity contribution in [2.75, 3.05) is 5.73 Å². The number of halogens is 2. The van der Waals surface area contributed by atoms with Crippen LogP contribution in [0.1, 0.15) is 0 Å². The van der Waals surface area contributed by atoms with Crippen LogP contribution in [0, 0.1) is 0 Å². The van der Waals surface area contributed by atoms with Gasteiger partial charge in [-0.05, 0) is 0 Å². The van der Waals surface area contributed by atoms with Gasteiger partial charge < -0.3 is 11.2 Å². The molecule has 0 unspecified atom stereocenters. The summed E-state index contributed by atoms with van der Waals surface area (Å²) in [6.07, 6.45) is 1.25. The van der Waals surface area contributed by atoms with Crippen molar-refractivity contribution in [2.24, 2.45) is 0 Å². The summed E-state index contributed by atoms with van der Waals surface area (Å²) in [4.78, 5) is 7.17. The van der Waals surface area contributed by atoms with Crippen LogP contribution in [0.25, 0.3) is 0 Å². The zero-order valence-electron chi connectivity index (χ0n) is 4.81. The molecule has 0 aliphatic carbocycles. The van der Waals surface area contributed by atoms with Crippen molar-refractivity contribution in [3.8, 4) is 0 Å². The van der Waals surface area contributed by atoms with Crippen LogP contribution in [0.3, 0.4) is 0 Å². The molecule has 0 aliphatic heterocycles. The zero-order chi connectivity index (χ0) is 6.85. The topological polar surface area (TPSA) is 83.3 Å².